The third-order valence-corrected chi connectivity index (χ3v) is 6.45. The van der Waals surface area contributed by atoms with Crippen LogP contribution in [0.5, 0.6) is 5.75 Å². The van der Waals surface area contributed by atoms with Crippen LogP contribution in [0.3, 0.4) is 0 Å². The summed E-state index contributed by atoms with van der Waals surface area (Å²) in [6.45, 7) is 2.35. The topological polar surface area (TPSA) is 89.8 Å². The number of methoxy groups -OCH3 is 1. The highest BCUT2D eigenvalue weighted by atomic mass is 19.1. The minimum absolute atomic E-state index is 0.0200. The van der Waals surface area contributed by atoms with Crippen molar-refractivity contribution in [2.45, 2.75) is 25.7 Å². The van der Waals surface area contributed by atoms with E-state index in [4.69, 9.17) is 9.47 Å². The molecule has 35 heavy (non-hydrogen) atoms. The molecule has 5 rings (SSSR count). The van der Waals surface area contributed by atoms with Gasteiger partial charge in [-0.1, -0.05) is 29.5 Å². The molecule has 2 aliphatic heterocycles. The number of carbonyl (C=O) groups is 2. The molecule has 1 fully saturated rings. The quantitative estimate of drug-likeness (QED) is 0.558. The summed E-state index contributed by atoms with van der Waals surface area (Å²) in [5, 5.41) is 8.29. The summed E-state index contributed by atoms with van der Waals surface area (Å²) in [6.07, 6.45) is 0.00259. The maximum Gasteiger partial charge on any atom is 0.276 e. The summed E-state index contributed by atoms with van der Waals surface area (Å²) in [5.41, 5.74) is 2.64. The van der Waals surface area contributed by atoms with Gasteiger partial charge in [0.15, 0.2) is 5.69 Å². The first-order valence-corrected chi connectivity index (χ1v) is 11.5. The van der Waals surface area contributed by atoms with E-state index >= 15 is 0 Å². The lowest BCUT2D eigenvalue weighted by Crippen LogP contribution is -2.51. The molecule has 182 valence electrons. The van der Waals surface area contributed by atoms with Crippen LogP contribution in [0.15, 0.2) is 48.5 Å². The molecule has 0 N–H and O–H groups in total. The molecule has 0 radical (unpaired) electrons. The number of amides is 2. The summed E-state index contributed by atoms with van der Waals surface area (Å²) in [7, 11) is 1.60. The van der Waals surface area contributed by atoms with Gasteiger partial charge in [-0.25, -0.2) is 9.07 Å². The van der Waals surface area contributed by atoms with E-state index in [0.717, 1.165) is 16.9 Å². The van der Waals surface area contributed by atoms with Crippen molar-refractivity contribution in [3.05, 3.63) is 76.9 Å². The van der Waals surface area contributed by atoms with E-state index in [1.807, 2.05) is 24.3 Å². The molecular weight excluding hydrogens is 453 g/mol. The average Bonchev–Trinajstić information content (AvgIpc) is 3.32. The zero-order valence-electron chi connectivity index (χ0n) is 19.4. The van der Waals surface area contributed by atoms with Gasteiger partial charge in [-0.05, 0) is 35.4 Å². The maximum atomic E-state index is 13.2. The second-order valence-corrected chi connectivity index (χ2v) is 8.62. The van der Waals surface area contributed by atoms with E-state index in [9.17, 15) is 14.0 Å². The van der Waals surface area contributed by atoms with Gasteiger partial charge in [-0.3, -0.25) is 9.59 Å². The molecule has 2 amide bonds. The first-order valence-electron chi connectivity index (χ1n) is 11.5. The fourth-order valence-corrected chi connectivity index (χ4v) is 4.43. The number of ether oxygens (including phenoxy) is 2. The number of nitrogens with zero attached hydrogens (tertiary/aromatic N) is 5. The van der Waals surface area contributed by atoms with Gasteiger partial charge in [0.1, 0.15) is 17.7 Å². The summed E-state index contributed by atoms with van der Waals surface area (Å²) < 4.78 is 26.1. The summed E-state index contributed by atoms with van der Waals surface area (Å²) >= 11 is 0. The Kier molecular flexibility index (Phi) is 6.45. The fourth-order valence-electron chi connectivity index (χ4n) is 4.43. The van der Waals surface area contributed by atoms with Gasteiger partial charge in [-0.2, -0.15) is 0 Å². The molecular formula is C25H26FN5O4. The van der Waals surface area contributed by atoms with Crippen molar-refractivity contribution in [1.29, 1.82) is 0 Å². The van der Waals surface area contributed by atoms with Crippen LogP contribution in [0.4, 0.5) is 4.39 Å². The van der Waals surface area contributed by atoms with Crippen molar-refractivity contribution in [1.82, 2.24) is 24.8 Å². The lowest BCUT2D eigenvalue weighted by Gasteiger charge is -2.34. The van der Waals surface area contributed by atoms with Gasteiger partial charge in [0.05, 0.1) is 32.4 Å². The normalized spacial score (nSPS) is 17.7. The Morgan fingerprint density at radius 1 is 1.09 bits per heavy atom. The second-order valence-electron chi connectivity index (χ2n) is 8.62. The molecule has 9 nitrogen and oxygen atoms in total. The Morgan fingerprint density at radius 2 is 1.83 bits per heavy atom. The standard InChI is InChI=1S/C25H26FN5O4/c1-34-20-4-2-3-17(13-20)14-23(32)29-9-11-30(12-10-29)25(33)24-21-16-35-22(15-31(21)28-27-24)18-5-7-19(26)8-6-18/h2-8,13,22H,9-12,14-16H2,1H3/t22-/m0/s1. The van der Waals surface area contributed by atoms with Crippen molar-refractivity contribution in [3.63, 3.8) is 0 Å². The largest absolute Gasteiger partial charge is 0.497 e. The highest BCUT2D eigenvalue weighted by Gasteiger charge is 2.32. The van der Waals surface area contributed by atoms with E-state index in [1.165, 1.54) is 12.1 Å². The molecule has 2 aromatic carbocycles. The molecule has 0 bridgehead atoms. The van der Waals surface area contributed by atoms with Crippen LogP contribution in [-0.2, 0) is 29.1 Å². The molecule has 10 heteroatoms. The Balaban J connectivity index is 1.18. The summed E-state index contributed by atoms with van der Waals surface area (Å²) in [6, 6.07) is 13.6. The number of halogens is 1. The number of carbonyl (C=O) groups excluding carboxylic acids is 2. The smallest absolute Gasteiger partial charge is 0.276 e. The van der Waals surface area contributed by atoms with Gasteiger partial charge in [0.25, 0.3) is 5.91 Å². The third-order valence-electron chi connectivity index (χ3n) is 6.45. The number of piperazine rings is 1. The van der Waals surface area contributed by atoms with Crippen LogP contribution in [-0.4, -0.2) is 69.9 Å². The van der Waals surface area contributed by atoms with Crippen molar-refractivity contribution in [2.24, 2.45) is 0 Å². The molecule has 3 heterocycles. The lowest BCUT2D eigenvalue weighted by molar-refractivity contribution is -0.131. The molecule has 1 aromatic heterocycles. The number of hydrogen-bond donors (Lipinski definition) is 0. The predicted octanol–water partition coefficient (Wildman–Crippen LogP) is 2.22. The molecule has 0 saturated carbocycles. The first-order chi connectivity index (χ1) is 17.0. The highest BCUT2D eigenvalue weighted by Crippen LogP contribution is 2.27. The van der Waals surface area contributed by atoms with Gasteiger partial charge in [-0.15, -0.1) is 5.10 Å². The van der Waals surface area contributed by atoms with Crippen molar-refractivity contribution >= 4 is 11.8 Å². The van der Waals surface area contributed by atoms with E-state index in [1.54, 1.807) is 33.7 Å². The maximum absolute atomic E-state index is 13.2. The number of benzene rings is 2. The minimum Gasteiger partial charge on any atom is -0.497 e. The molecule has 3 aromatic rings. The number of rotatable bonds is 5. The zero-order chi connectivity index (χ0) is 24.4. The Morgan fingerprint density at radius 3 is 2.57 bits per heavy atom. The molecule has 2 aliphatic rings. The molecule has 1 saturated heterocycles. The van der Waals surface area contributed by atoms with Gasteiger partial charge < -0.3 is 19.3 Å². The predicted molar refractivity (Wildman–Crippen MR) is 123 cm³/mol. The number of hydrogen-bond acceptors (Lipinski definition) is 6. The lowest BCUT2D eigenvalue weighted by atomic mass is 10.1. The van der Waals surface area contributed by atoms with Crippen molar-refractivity contribution in [3.8, 4) is 5.75 Å². The second kappa shape index (κ2) is 9.83. The molecule has 0 spiro atoms. The van der Waals surface area contributed by atoms with Crippen LogP contribution in [0.2, 0.25) is 0 Å². The zero-order valence-corrected chi connectivity index (χ0v) is 19.4. The molecule has 1 atom stereocenters. The first kappa shape index (κ1) is 23.0. The minimum atomic E-state index is -0.305. The van der Waals surface area contributed by atoms with Gasteiger partial charge in [0.2, 0.25) is 5.91 Å². The van der Waals surface area contributed by atoms with Crippen LogP contribution < -0.4 is 4.74 Å². The average molecular weight is 480 g/mol. The number of fused-ring (bicyclic) bond motifs is 1. The van der Waals surface area contributed by atoms with Crippen molar-refractivity contribution < 1.29 is 23.5 Å². The van der Waals surface area contributed by atoms with E-state index < -0.39 is 0 Å². The highest BCUT2D eigenvalue weighted by molar-refractivity contribution is 5.93. The monoisotopic (exact) mass is 479 g/mol. The third kappa shape index (κ3) is 4.88. The van der Waals surface area contributed by atoms with Crippen LogP contribution in [0.25, 0.3) is 0 Å². The summed E-state index contributed by atoms with van der Waals surface area (Å²) in [5.74, 6) is 0.221. The SMILES string of the molecule is COc1cccc(CC(=O)N2CCN(C(=O)c3nnn4c3CO[C@H](c3ccc(F)cc3)C4)CC2)c1. The van der Waals surface area contributed by atoms with E-state index in [2.05, 4.69) is 10.3 Å². The van der Waals surface area contributed by atoms with Crippen molar-refractivity contribution in [2.75, 3.05) is 33.3 Å². The van der Waals surface area contributed by atoms with Crippen LogP contribution in [0.1, 0.15) is 33.4 Å². The van der Waals surface area contributed by atoms with Crippen LogP contribution >= 0.6 is 0 Å². The van der Waals surface area contributed by atoms with Crippen LogP contribution in [0, 0.1) is 5.82 Å². The van der Waals surface area contributed by atoms with Gasteiger partial charge in [0, 0.05) is 26.2 Å². The molecule has 0 aliphatic carbocycles. The van der Waals surface area contributed by atoms with E-state index in [-0.39, 0.29) is 42.5 Å². The fraction of sp³-hybridized carbons (Fsp3) is 0.360. The Labute approximate surface area is 202 Å². The number of aromatic nitrogens is 3. The van der Waals surface area contributed by atoms with E-state index in [0.29, 0.717) is 38.4 Å². The molecule has 0 unspecified atom stereocenters. The summed E-state index contributed by atoms with van der Waals surface area (Å²) in [4.78, 5) is 29.4. The Hall–Kier alpha value is -3.79. The van der Waals surface area contributed by atoms with Gasteiger partial charge >= 0.3 is 0 Å². The Bertz CT molecular complexity index is 1220.